The third-order valence-electron chi connectivity index (χ3n) is 3.15. The molecule has 0 aliphatic carbocycles. The van der Waals surface area contributed by atoms with Crippen LogP contribution in [0.1, 0.15) is 5.69 Å². The highest BCUT2D eigenvalue weighted by atomic mass is 35.5. The van der Waals surface area contributed by atoms with Gasteiger partial charge >= 0.3 is 0 Å². The Kier molecular flexibility index (Phi) is 3.24. The lowest BCUT2D eigenvalue weighted by molar-refractivity contribution is 0.301. The maximum Gasteiger partial charge on any atom is 0.138 e. The summed E-state index contributed by atoms with van der Waals surface area (Å²) in [6.07, 6.45) is 0. The number of fused-ring (bicyclic) bond motifs is 1. The summed E-state index contributed by atoms with van der Waals surface area (Å²) in [6.45, 7) is 0.366. The molecular weight excluding hydrogens is 274 g/mol. The van der Waals surface area contributed by atoms with E-state index in [9.17, 15) is 0 Å². The Bertz CT molecular complexity index is 767. The standard InChI is InChI=1S/C15H14ClN3O/c1-19-14-5-3-2-4-11(14)13(18-19)9-20-15-7-6-10(17)8-12(15)16/h2-8H,9,17H2,1H3. The van der Waals surface area contributed by atoms with Gasteiger partial charge in [-0.2, -0.15) is 5.10 Å². The van der Waals surface area contributed by atoms with Gasteiger partial charge in [-0.3, -0.25) is 4.68 Å². The lowest BCUT2D eigenvalue weighted by Gasteiger charge is -2.07. The SMILES string of the molecule is Cn1nc(COc2ccc(N)cc2Cl)c2ccccc21. The number of benzene rings is 2. The van der Waals surface area contributed by atoms with Gasteiger partial charge < -0.3 is 10.5 Å². The molecule has 0 saturated carbocycles. The molecule has 4 nitrogen and oxygen atoms in total. The number of nitrogen functional groups attached to an aromatic ring is 1. The summed E-state index contributed by atoms with van der Waals surface area (Å²) in [7, 11) is 1.92. The van der Waals surface area contributed by atoms with E-state index >= 15 is 0 Å². The van der Waals surface area contributed by atoms with Crippen molar-refractivity contribution in [2.75, 3.05) is 5.73 Å². The second-order valence-corrected chi connectivity index (χ2v) is 4.97. The lowest BCUT2D eigenvalue weighted by atomic mass is 10.2. The number of para-hydroxylation sites is 1. The van der Waals surface area contributed by atoms with E-state index in [1.807, 2.05) is 36.0 Å². The molecule has 0 fully saturated rings. The predicted octanol–water partition coefficient (Wildman–Crippen LogP) is 3.39. The van der Waals surface area contributed by atoms with Gasteiger partial charge in [0.25, 0.3) is 0 Å². The molecule has 0 aliphatic heterocycles. The molecule has 1 heterocycles. The Morgan fingerprint density at radius 2 is 2.05 bits per heavy atom. The molecule has 0 atom stereocenters. The van der Waals surface area contributed by atoms with E-state index in [0.717, 1.165) is 16.6 Å². The average molecular weight is 288 g/mol. The summed E-state index contributed by atoms with van der Waals surface area (Å²) in [6, 6.07) is 13.2. The minimum atomic E-state index is 0.366. The van der Waals surface area contributed by atoms with Crippen LogP contribution >= 0.6 is 11.6 Å². The van der Waals surface area contributed by atoms with Gasteiger partial charge in [-0.05, 0) is 24.3 Å². The summed E-state index contributed by atoms with van der Waals surface area (Å²) in [5.41, 5.74) is 8.24. The molecule has 0 amide bonds. The van der Waals surface area contributed by atoms with E-state index in [0.29, 0.717) is 23.1 Å². The van der Waals surface area contributed by atoms with Gasteiger partial charge in [-0.15, -0.1) is 0 Å². The van der Waals surface area contributed by atoms with Gasteiger partial charge in [0.05, 0.1) is 10.5 Å². The molecule has 5 heteroatoms. The number of hydrogen-bond acceptors (Lipinski definition) is 3. The first-order valence-electron chi connectivity index (χ1n) is 6.23. The van der Waals surface area contributed by atoms with E-state index in [-0.39, 0.29) is 0 Å². The van der Waals surface area contributed by atoms with Crippen LogP contribution < -0.4 is 10.5 Å². The highest BCUT2D eigenvalue weighted by Gasteiger charge is 2.09. The Morgan fingerprint density at radius 3 is 2.85 bits per heavy atom. The van der Waals surface area contributed by atoms with Crippen molar-refractivity contribution in [2.45, 2.75) is 6.61 Å². The monoisotopic (exact) mass is 287 g/mol. The highest BCUT2D eigenvalue weighted by Crippen LogP contribution is 2.28. The molecule has 2 aromatic carbocycles. The first-order chi connectivity index (χ1) is 9.65. The van der Waals surface area contributed by atoms with Crippen molar-refractivity contribution >= 4 is 28.2 Å². The number of rotatable bonds is 3. The van der Waals surface area contributed by atoms with E-state index < -0.39 is 0 Å². The van der Waals surface area contributed by atoms with Crippen LogP contribution in [-0.2, 0) is 13.7 Å². The normalized spacial score (nSPS) is 10.9. The Morgan fingerprint density at radius 1 is 1.25 bits per heavy atom. The molecule has 3 rings (SSSR count). The molecule has 2 N–H and O–H groups in total. The van der Waals surface area contributed by atoms with Gasteiger partial charge in [0.1, 0.15) is 18.1 Å². The van der Waals surface area contributed by atoms with E-state index in [1.165, 1.54) is 0 Å². The highest BCUT2D eigenvalue weighted by molar-refractivity contribution is 6.32. The van der Waals surface area contributed by atoms with Gasteiger partial charge in [-0.1, -0.05) is 29.8 Å². The smallest absolute Gasteiger partial charge is 0.138 e. The maximum atomic E-state index is 6.09. The van der Waals surface area contributed by atoms with E-state index in [1.54, 1.807) is 18.2 Å². The van der Waals surface area contributed by atoms with Crippen molar-refractivity contribution in [1.82, 2.24) is 9.78 Å². The lowest BCUT2D eigenvalue weighted by Crippen LogP contribution is -1.99. The molecule has 0 bridgehead atoms. The Balaban J connectivity index is 1.87. The Labute approximate surface area is 121 Å². The first-order valence-corrected chi connectivity index (χ1v) is 6.61. The zero-order chi connectivity index (χ0) is 14.1. The van der Waals surface area contributed by atoms with Crippen LogP contribution in [-0.4, -0.2) is 9.78 Å². The average Bonchev–Trinajstić information content (AvgIpc) is 2.75. The van der Waals surface area contributed by atoms with Crippen molar-refractivity contribution in [2.24, 2.45) is 7.05 Å². The van der Waals surface area contributed by atoms with Crippen LogP contribution in [0.25, 0.3) is 10.9 Å². The zero-order valence-electron chi connectivity index (χ0n) is 11.0. The molecule has 1 aromatic heterocycles. The molecule has 0 spiro atoms. The number of nitrogens with two attached hydrogens (primary N) is 1. The van der Waals surface area contributed by atoms with Crippen molar-refractivity contribution in [1.29, 1.82) is 0 Å². The van der Waals surface area contributed by atoms with E-state index in [2.05, 4.69) is 5.10 Å². The molecule has 102 valence electrons. The molecule has 0 radical (unpaired) electrons. The summed E-state index contributed by atoms with van der Waals surface area (Å²) in [5, 5.41) is 6.07. The third kappa shape index (κ3) is 2.30. The Hall–Kier alpha value is -2.20. The van der Waals surface area contributed by atoms with Gasteiger partial charge in [-0.25, -0.2) is 0 Å². The van der Waals surface area contributed by atoms with Crippen LogP contribution in [0.5, 0.6) is 5.75 Å². The first kappa shape index (κ1) is 12.8. The number of aromatic nitrogens is 2. The molecule has 0 aliphatic rings. The van der Waals surface area contributed by atoms with Crippen molar-refractivity contribution in [3.8, 4) is 5.75 Å². The van der Waals surface area contributed by atoms with Gasteiger partial charge in [0, 0.05) is 18.1 Å². The maximum absolute atomic E-state index is 6.09. The van der Waals surface area contributed by atoms with Crippen LogP contribution in [0.3, 0.4) is 0 Å². The third-order valence-corrected chi connectivity index (χ3v) is 3.45. The van der Waals surface area contributed by atoms with E-state index in [4.69, 9.17) is 22.1 Å². The number of hydrogen-bond donors (Lipinski definition) is 1. The van der Waals surface area contributed by atoms with Crippen molar-refractivity contribution < 1.29 is 4.74 Å². The van der Waals surface area contributed by atoms with Gasteiger partial charge in [0.2, 0.25) is 0 Å². The number of halogens is 1. The van der Waals surface area contributed by atoms with Crippen molar-refractivity contribution in [3.05, 3.63) is 53.2 Å². The van der Waals surface area contributed by atoms with Crippen LogP contribution in [0, 0.1) is 0 Å². The quantitative estimate of drug-likeness (QED) is 0.751. The van der Waals surface area contributed by atoms with Crippen LogP contribution in [0.15, 0.2) is 42.5 Å². The summed E-state index contributed by atoms with van der Waals surface area (Å²) >= 11 is 6.09. The minimum Gasteiger partial charge on any atom is -0.486 e. The number of anilines is 1. The zero-order valence-corrected chi connectivity index (χ0v) is 11.8. The predicted molar refractivity (Wildman–Crippen MR) is 80.9 cm³/mol. The van der Waals surface area contributed by atoms with Crippen LogP contribution in [0.2, 0.25) is 5.02 Å². The fourth-order valence-electron chi connectivity index (χ4n) is 2.18. The second kappa shape index (κ2) is 5.06. The largest absolute Gasteiger partial charge is 0.486 e. The van der Waals surface area contributed by atoms with Crippen LogP contribution in [0.4, 0.5) is 5.69 Å². The fraction of sp³-hybridized carbons (Fsp3) is 0.133. The number of ether oxygens (including phenoxy) is 1. The topological polar surface area (TPSA) is 53.1 Å². The summed E-state index contributed by atoms with van der Waals surface area (Å²) < 4.78 is 7.58. The molecule has 20 heavy (non-hydrogen) atoms. The number of aryl methyl sites for hydroxylation is 1. The summed E-state index contributed by atoms with van der Waals surface area (Å²) in [5.74, 6) is 0.607. The molecular formula is C15H14ClN3O. The molecule has 0 unspecified atom stereocenters. The van der Waals surface area contributed by atoms with Gasteiger partial charge in [0.15, 0.2) is 0 Å². The minimum absolute atomic E-state index is 0.366. The fourth-order valence-corrected chi connectivity index (χ4v) is 2.42. The number of nitrogens with zero attached hydrogens (tertiary/aromatic N) is 2. The van der Waals surface area contributed by atoms with Crippen molar-refractivity contribution in [3.63, 3.8) is 0 Å². The molecule has 3 aromatic rings. The second-order valence-electron chi connectivity index (χ2n) is 4.57. The summed E-state index contributed by atoms with van der Waals surface area (Å²) in [4.78, 5) is 0. The molecule has 0 saturated heterocycles.